The van der Waals surface area contributed by atoms with Gasteiger partial charge < -0.3 is 14.8 Å². The SMILES string of the molecule is COc1cc(/C=C/C(=O)Nc2ccc(Cl)c([N+](=O)[O-])c2)ccc1OCc1ccc(Cl)cc1. The number of benzene rings is 3. The van der Waals surface area contributed by atoms with Crippen LogP contribution in [0.2, 0.25) is 10.0 Å². The normalized spacial score (nSPS) is 10.7. The van der Waals surface area contributed by atoms with Crippen molar-refractivity contribution in [2.75, 3.05) is 12.4 Å². The topological polar surface area (TPSA) is 90.7 Å². The summed E-state index contributed by atoms with van der Waals surface area (Å²) >= 11 is 11.7. The fourth-order valence-electron chi connectivity index (χ4n) is 2.73. The first-order valence-corrected chi connectivity index (χ1v) is 10.1. The van der Waals surface area contributed by atoms with E-state index in [-0.39, 0.29) is 16.4 Å². The zero-order valence-electron chi connectivity index (χ0n) is 16.9. The van der Waals surface area contributed by atoms with E-state index in [1.807, 2.05) is 12.1 Å². The number of nitrogens with zero attached hydrogens (tertiary/aromatic N) is 1. The van der Waals surface area contributed by atoms with E-state index in [1.54, 1.807) is 36.4 Å². The molecule has 0 spiro atoms. The molecule has 0 saturated carbocycles. The summed E-state index contributed by atoms with van der Waals surface area (Å²) in [4.78, 5) is 22.5. The molecule has 0 radical (unpaired) electrons. The lowest BCUT2D eigenvalue weighted by Crippen LogP contribution is -2.08. The van der Waals surface area contributed by atoms with E-state index in [0.29, 0.717) is 28.7 Å². The van der Waals surface area contributed by atoms with Crippen LogP contribution < -0.4 is 14.8 Å². The maximum Gasteiger partial charge on any atom is 0.289 e. The van der Waals surface area contributed by atoms with Crippen LogP contribution in [-0.4, -0.2) is 17.9 Å². The van der Waals surface area contributed by atoms with E-state index in [1.165, 1.54) is 31.4 Å². The molecule has 0 heterocycles. The van der Waals surface area contributed by atoms with E-state index in [4.69, 9.17) is 32.7 Å². The van der Waals surface area contributed by atoms with Gasteiger partial charge in [0.05, 0.1) is 12.0 Å². The van der Waals surface area contributed by atoms with Gasteiger partial charge in [-0.3, -0.25) is 14.9 Å². The van der Waals surface area contributed by atoms with Crippen LogP contribution in [0.4, 0.5) is 11.4 Å². The first kappa shape index (κ1) is 23.1. The molecule has 0 aliphatic rings. The molecule has 3 rings (SSSR count). The van der Waals surface area contributed by atoms with Crippen LogP contribution in [0.1, 0.15) is 11.1 Å². The highest BCUT2D eigenvalue weighted by molar-refractivity contribution is 6.32. The minimum Gasteiger partial charge on any atom is -0.493 e. The second-order valence-electron chi connectivity index (χ2n) is 6.57. The molecular formula is C23H18Cl2N2O5. The van der Waals surface area contributed by atoms with Crippen molar-refractivity contribution < 1.29 is 19.2 Å². The van der Waals surface area contributed by atoms with E-state index < -0.39 is 10.8 Å². The molecule has 0 aliphatic heterocycles. The van der Waals surface area contributed by atoms with Crippen LogP contribution in [0.15, 0.2) is 66.7 Å². The smallest absolute Gasteiger partial charge is 0.289 e. The number of anilines is 1. The third kappa shape index (κ3) is 6.23. The van der Waals surface area contributed by atoms with Gasteiger partial charge in [0.2, 0.25) is 5.91 Å². The van der Waals surface area contributed by atoms with E-state index in [2.05, 4.69) is 5.32 Å². The van der Waals surface area contributed by atoms with E-state index in [9.17, 15) is 14.9 Å². The highest BCUT2D eigenvalue weighted by Crippen LogP contribution is 2.30. The molecule has 0 bridgehead atoms. The molecule has 0 saturated heterocycles. The molecule has 7 nitrogen and oxygen atoms in total. The van der Waals surface area contributed by atoms with Gasteiger partial charge >= 0.3 is 0 Å². The van der Waals surface area contributed by atoms with Gasteiger partial charge in [0, 0.05) is 22.9 Å². The molecule has 164 valence electrons. The van der Waals surface area contributed by atoms with Crippen molar-refractivity contribution in [1.29, 1.82) is 0 Å². The summed E-state index contributed by atoms with van der Waals surface area (Å²) in [6.45, 7) is 0.346. The van der Waals surface area contributed by atoms with Crippen LogP contribution in [0, 0.1) is 10.1 Å². The number of ether oxygens (including phenoxy) is 2. The van der Waals surface area contributed by atoms with Crippen molar-refractivity contribution in [2.24, 2.45) is 0 Å². The molecule has 0 aromatic heterocycles. The summed E-state index contributed by atoms with van der Waals surface area (Å²) in [5, 5.41) is 14.2. The fraction of sp³-hybridized carbons (Fsp3) is 0.0870. The summed E-state index contributed by atoms with van der Waals surface area (Å²) < 4.78 is 11.2. The van der Waals surface area contributed by atoms with Crippen LogP contribution in [0.5, 0.6) is 11.5 Å². The number of rotatable bonds is 8. The first-order chi connectivity index (χ1) is 15.4. The minimum absolute atomic E-state index is 0.00555. The molecule has 0 unspecified atom stereocenters. The van der Waals surface area contributed by atoms with Crippen molar-refractivity contribution in [3.8, 4) is 11.5 Å². The quantitative estimate of drug-likeness (QED) is 0.241. The number of nitro benzene ring substituents is 1. The average Bonchev–Trinajstić information content (AvgIpc) is 2.78. The lowest BCUT2D eigenvalue weighted by Gasteiger charge is -2.11. The molecule has 32 heavy (non-hydrogen) atoms. The van der Waals surface area contributed by atoms with Gasteiger partial charge in [-0.15, -0.1) is 0 Å². The lowest BCUT2D eigenvalue weighted by atomic mass is 10.2. The molecular weight excluding hydrogens is 455 g/mol. The van der Waals surface area contributed by atoms with Gasteiger partial charge in [-0.2, -0.15) is 0 Å². The van der Waals surface area contributed by atoms with Crippen LogP contribution in [-0.2, 0) is 11.4 Å². The highest BCUT2D eigenvalue weighted by Gasteiger charge is 2.13. The van der Waals surface area contributed by atoms with Crippen LogP contribution in [0.25, 0.3) is 6.08 Å². The number of halogens is 2. The maximum absolute atomic E-state index is 12.2. The summed E-state index contributed by atoms with van der Waals surface area (Å²) in [5.41, 5.74) is 1.64. The Hall–Kier alpha value is -3.55. The number of carbonyl (C=O) groups is 1. The molecule has 9 heteroatoms. The first-order valence-electron chi connectivity index (χ1n) is 9.34. The van der Waals surface area contributed by atoms with Crippen molar-refractivity contribution in [1.82, 2.24) is 0 Å². The summed E-state index contributed by atoms with van der Waals surface area (Å²) in [6.07, 6.45) is 2.90. The average molecular weight is 473 g/mol. The Morgan fingerprint density at radius 1 is 1.06 bits per heavy atom. The molecule has 0 fully saturated rings. The summed E-state index contributed by atoms with van der Waals surface area (Å²) in [5.74, 6) is 0.607. The third-order valence-corrected chi connectivity index (χ3v) is 4.90. The van der Waals surface area contributed by atoms with Gasteiger partial charge in [0.1, 0.15) is 11.6 Å². The number of nitro groups is 1. The van der Waals surface area contributed by atoms with Crippen molar-refractivity contribution in [3.63, 3.8) is 0 Å². The largest absolute Gasteiger partial charge is 0.493 e. The number of nitrogens with one attached hydrogen (secondary N) is 1. The summed E-state index contributed by atoms with van der Waals surface area (Å²) in [6, 6.07) is 16.6. The number of methoxy groups -OCH3 is 1. The number of amides is 1. The molecule has 0 atom stereocenters. The van der Waals surface area contributed by atoms with Gasteiger partial charge in [-0.1, -0.05) is 41.4 Å². The summed E-state index contributed by atoms with van der Waals surface area (Å²) in [7, 11) is 1.53. The highest BCUT2D eigenvalue weighted by atomic mass is 35.5. The predicted molar refractivity (Wildman–Crippen MR) is 125 cm³/mol. The molecule has 3 aromatic rings. The Morgan fingerprint density at radius 3 is 2.50 bits per heavy atom. The second-order valence-corrected chi connectivity index (χ2v) is 7.41. The molecule has 1 amide bonds. The number of hydrogen-bond acceptors (Lipinski definition) is 5. The van der Waals surface area contributed by atoms with E-state index >= 15 is 0 Å². The van der Waals surface area contributed by atoms with Crippen molar-refractivity contribution in [3.05, 3.63) is 98.0 Å². The third-order valence-electron chi connectivity index (χ3n) is 4.33. The molecule has 1 N–H and O–H groups in total. The van der Waals surface area contributed by atoms with Crippen LogP contribution >= 0.6 is 23.2 Å². The molecule has 0 aliphatic carbocycles. The van der Waals surface area contributed by atoms with Gasteiger partial charge in [-0.25, -0.2) is 0 Å². The van der Waals surface area contributed by atoms with Gasteiger partial charge in [0.15, 0.2) is 11.5 Å². The van der Waals surface area contributed by atoms with Crippen molar-refractivity contribution in [2.45, 2.75) is 6.61 Å². The second kappa shape index (κ2) is 10.7. The van der Waals surface area contributed by atoms with Gasteiger partial charge in [0.25, 0.3) is 5.69 Å². The monoisotopic (exact) mass is 472 g/mol. The van der Waals surface area contributed by atoms with Crippen LogP contribution in [0.3, 0.4) is 0 Å². The minimum atomic E-state index is -0.614. The number of carbonyl (C=O) groups excluding carboxylic acids is 1. The Bertz CT molecular complexity index is 1160. The van der Waals surface area contributed by atoms with E-state index in [0.717, 1.165) is 5.56 Å². The zero-order chi connectivity index (χ0) is 23.1. The predicted octanol–water partition coefficient (Wildman–Crippen LogP) is 6.14. The number of hydrogen-bond donors (Lipinski definition) is 1. The maximum atomic E-state index is 12.2. The molecule has 3 aromatic carbocycles. The lowest BCUT2D eigenvalue weighted by molar-refractivity contribution is -0.384. The Balaban J connectivity index is 1.65. The van der Waals surface area contributed by atoms with Gasteiger partial charge in [-0.05, 0) is 53.6 Å². The Kier molecular flexibility index (Phi) is 7.70. The standard InChI is InChI=1S/C23H18Cl2N2O5/c1-31-22-12-15(4-10-21(22)32-14-16-2-6-17(24)7-3-16)5-11-23(28)26-18-8-9-19(25)20(13-18)27(29)30/h2-13H,14H2,1H3,(H,26,28)/b11-5+. The zero-order valence-corrected chi connectivity index (χ0v) is 18.4. The fourth-order valence-corrected chi connectivity index (χ4v) is 3.05. The Morgan fingerprint density at radius 2 is 1.81 bits per heavy atom. The Labute approximate surface area is 194 Å². The van der Waals surface area contributed by atoms with Crippen molar-refractivity contribution >= 4 is 46.6 Å².